The van der Waals surface area contributed by atoms with Crippen molar-refractivity contribution in [2.45, 2.75) is 24.2 Å². The third-order valence-electron chi connectivity index (χ3n) is 4.67. The zero-order valence-corrected chi connectivity index (χ0v) is 16.2. The summed E-state index contributed by atoms with van der Waals surface area (Å²) < 4.78 is 101. The molecule has 2 heterocycles. The quantitative estimate of drug-likeness (QED) is 0.658. The summed E-state index contributed by atoms with van der Waals surface area (Å²) in [5.74, 6) is -5.85. The van der Waals surface area contributed by atoms with Gasteiger partial charge in [0, 0.05) is 29.9 Å². The average Bonchev–Trinajstić information content (AvgIpc) is 2.74. The third kappa shape index (κ3) is 4.66. The van der Waals surface area contributed by atoms with Crippen molar-refractivity contribution < 1.29 is 40.3 Å². The monoisotopic (exact) mass is 475 g/mol. The first-order valence-electron chi connectivity index (χ1n) is 8.91. The molecule has 0 spiro atoms. The minimum absolute atomic E-state index is 0.196. The van der Waals surface area contributed by atoms with Crippen LogP contribution in [0.1, 0.15) is 28.0 Å². The molecule has 0 radical (unpaired) electrons. The highest BCUT2D eigenvalue weighted by molar-refractivity contribution is 6.03. The van der Waals surface area contributed by atoms with Crippen LogP contribution in [-0.2, 0) is 10.3 Å². The standard InChI is InChI=1S/C19H12F7N5O2/c20-7-18(4-13(19(24,25)26)33-17(28)31-18)10-2-9(3-11(21)14(10)23)30-16(32)15-12(22)1-8(5-27)6-29-15/h1-3,6,13H,4,7H2,(H2,28,31)(H,30,32). The molecule has 33 heavy (non-hydrogen) atoms. The number of amidine groups is 1. The van der Waals surface area contributed by atoms with Crippen LogP contribution < -0.4 is 11.1 Å². The number of hydrogen-bond acceptors (Lipinski definition) is 6. The maximum Gasteiger partial charge on any atom is 0.425 e. The van der Waals surface area contributed by atoms with Crippen LogP contribution in [0.3, 0.4) is 0 Å². The molecular weight excluding hydrogens is 463 g/mol. The van der Waals surface area contributed by atoms with E-state index in [1.165, 1.54) is 0 Å². The number of benzene rings is 1. The Balaban J connectivity index is 2.03. The third-order valence-corrected chi connectivity index (χ3v) is 4.67. The minimum atomic E-state index is -5.03. The zero-order chi connectivity index (χ0) is 24.6. The molecular formula is C19H12F7N5O2. The Morgan fingerprint density at radius 1 is 1.27 bits per heavy atom. The lowest BCUT2D eigenvalue weighted by atomic mass is 9.84. The Morgan fingerprint density at radius 2 is 1.97 bits per heavy atom. The highest BCUT2D eigenvalue weighted by Gasteiger charge is 2.52. The van der Waals surface area contributed by atoms with Crippen molar-refractivity contribution in [2.24, 2.45) is 10.7 Å². The molecule has 3 rings (SSSR count). The van der Waals surface area contributed by atoms with Gasteiger partial charge in [0.1, 0.15) is 18.3 Å². The topological polar surface area (TPSA) is 113 Å². The molecule has 1 aliphatic rings. The number of anilines is 1. The van der Waals surface area contributed by atoms with Crippen molar-refractivity contribution in [3.63, 3.8) is 0 Å². The van der Waals surface area contributed by atoms with E-state index >= 15 is 0 Å². The van der Waals surface area contributed by atoms with Crippen molar-refractivity contribution in [3.8, 4) is 6.07 Å². The lowest BCUT2D eigenvalue weighted by Crippen LogP contribution is -2.48. The Bertz CT molecular complexity index is 1180. The molecule has 2 unspecified atom stereocenters. The number of alkyl halides is 4. The first-order chi connectivity index (χ1) is 15.4. The van der Waals surface area contributed by atoms with Crippen LogP contribution in [0.5, 0.6) is 0 Å². The summed E-state index contributed by atoms with van der Waals surface area (Å²) in [6, 6.07) is 2.29. The lowest BCUT2D eigenvalue weighted by Gasteiger charge is -2.36. The molecule has 1 amide bonds. The number of pyridine rings is 1. The Kier molecular flexibility index (Phi) is 6.17. The van der Waals surface area contributed by atoms with Crippen LogP contribution in [0.15, 0.2) is 29.4 Å². The maximum absolute atomic E-state index is 14.6. The summed E-state index contributed by atoms with van der Waals surface area (Å²) in [5, 5.41) is 10.7. The number of rotatable bonds is 4. The van der Waals surface area contributed by atoms with Gasteiger partial charge in [-0.15, -0.1) is 0 Å². The molecule has 0 saturated heterocycles. The fraction of sp³-hybridized carbons (Fsp3) is 0.263. The molecule has 1 aromatic carbocycles. The van der Waals surface area contributed by atoms with E-state index in [9.17, 15) is 35.5 Å². The highest BCUT2D eigenvalue weighted by atomic mass is 19.4. The molecule has 14 heteroatoms. The van der Waals surface area contributed by atoms with Gasteiger partial charge in [-0.25, -0.2) is 27.5 Å². The number of nitriles is 1. The van der Waals surface area contributed by atoms with Gasteiger partial charge in [0.15, 0.2) is 29.2 Å². The molecule has 2 aromatic rings. The van der Waals surface area contributed by atoms with Gasteiger partial charge < -0.3 is 15.8 Å². The zero-order valence-electron chi connectivity index (χ0n) is 16.2. The normalized spacial score (nSPS) is 20.4. The van der Waals surface area contributed by atoms with Gasteiger partial charge in [0.2, 0.25) is 0 Å². The summed E-state index contributed by atoms with van der Waals surface area (Å²) in [6.07, 6.45) is -8.08. The fourth-order valence-electron chi connectivity index (χ4n) is 3.14. The summed E-state index contributed by atoms with van der Waals surface area (Å²) >= 11 is 0. The molecule has 1 aromatic heterocycles. The number of nitrogens with zero attached hydrogens (tertiary/aromatic N) is 3. The van der Waals surface area contributed by atoms with E-state index < -0.39 is 77.2 Å². The lowest BCUT2D eigenvalue weighted by molar-refractivity contribution is -0.209. The predicted octanol–water partition coefficient (Wildman–Crippen LogP) is 3.45. The van der Waals surface area contributed by atoms with Crippen molar-refractivity contribution in [1.29, 1.82) is 5.26 Å². The van der Waals surface area contributed by atoms with Crippen molar-refractivity contribution in [3.05, 3.63) is 58.7 Å². The van der Waals surface area contributed by atoms with E-state index in [-0.39, 0.29) is 5.56 Å². The van der Waals surface area contributed by atoms with E-state index in [4.69, 9.17) is 11.0 Å². The minimum Gasteiger partial charge on any atom is -0.452 e. The smallest absolute Gasteiger partial charge is 0.425 e. The van der Waals surface area contributed by atoms with Gasteiger partial charge in [-0.1, -0.05) is 0 Å². The molecule has 0 saturated carbocycles. The number of carbonyl (C=O) groups is 1. The van der Waals surface area contributed by atoms with Crippen molar-refractivity contribution >= 4 is 17.6 Å². The second-order valence-electron chi connectivity index (χ2n) is 6.91. The number of hydrogen-bond donors (Lipinski definition) is 2. The van der Waals surface area contributed by atoms with Crippen molar-refractivity contribution in [1.82, 2.24) is 4.98 Å². The Hall–Kier alpha value is -3.89. The van der Waals surface area contributed by atoms with E-state index in [1.807, 2.05) is 5.32 Å². The van der Waals surface area contributed by atoms with Gasteiger partial charge in [0.05, 0.1) is 5.56 Å². The van der Waals surface area contributed by atoms with Crippen LogP contribution in [0.25, 0.3) is 0 Å². The van der Waals surface area contributed by atoms with Gasteiger partial charge in [-0.2, -0.15) is 18.4 Å². The van der Waals surface area contributed by atoms with E-state index in [0.717, 1.165) is 6.20 Å². The number of aromatic nitrogens is 1. The number of amides is 1. The highest BCUT2D eigenvalue weighted by Crippen LogP contribution is 2.42. The van der Waals surface area contributed by atoms with Crippen LogP contribution in [0.4, 0.5) is 36.4 Å². The summed E-state index contributed by atoms with van der Waals surface area (Å²) in [7, 11) is 0. The average molecular weight is 475 g/mol. The first kappa shape index (κ1) is 23.8. The second-order valence-corrected chi connectivity index (χ2v) is 6.91. The van der Waals surface area contributed by atoms with E-state index in [1.54, 1.807) is 6.07 Å². The van der Waals surface area contributed by atoms with Gasteiger partial charge in [-0.3, -0.25) is 4.79 Å². The second kappa shape index (κ2) is 8.57. The van der Waals surface area contributed by atoms with Crippen LogP contribution in [0, 0.1) is 28.8 Å². The summed E-state index contributed by atoms with van der Waals surface area (Å²) in [4.78, 5) is 19.2. The van der Waals surface area contributed by atoms with E-state index in [0.29, 0.717) is 18.2 Å². The van der Waals surface area contributed by atoms with Gasteiger partial charge in [-0.05, 0) is 12.1 Å². The predicted molar refractivity (Wildman–Crippen MR) is 98.0 cm³/mol. The van der Waals surface area contributed by atoms with Crippen molar-refractivity contribution in [2.75, 3.05) is 12.0 Å². The van der Waals surface area contributed by atoms with Crippen LogP contribution in [-0.4, -0.2) is 35.9 Å². The molecule has 0 fully saturated rings. The Morgan fingerprint density at radius 3 is 2.55 bits per heavy atom. The molecule has 7 nitrogen and oxygen atoms in total. The van der Waals surface area contributed by atoms with Gasteiger partial charge in [0.25, 0.3) is 11.9 Å². The number of ether oxygens (including phenoxy) is 1. The fourth-order valence-corrected chi connectivity index (χ4v) is 3.14. The molecule has 1 aliphatic heterocycles. The summed E-state index contributed by atoms with van der Waals surface area (Å²) in [6.45, 7) is -1.72. The number of aliphatic imine (C=N–C) groups is 1. The molecule has 0 aliphatic carbocycles. The molecule has 174 valence electrons. The number of carbonyl (C=O) groups excluding carboxylic acids is 1. The SMILES string of the molecule is N#Cc1cnc(C(=O)Nc2cc(F)c(F)c(C3(CF)CC(C(F)(F)F)OC(N)=N3)c2)c(F)c1. The van der Waals surface area contributed by atoms with Crippen LogP contribution in [0.2, 0.25) is 0 Å². The molecule has 3 N–H and O–H groups in total. The first-order valence-corrected chi connectivity index (χ1v) is 8.91. The summed E-state index contributed by atoms with van der Waals surface area (Å²) in [5.41, 5.74) is 0.0700. The van der Waals surface area contributed by atoms with Gasteiger partial charge >= 0.3 is 6.18 Å². The largest absolute Gasteiger partial charge is 0.452 e. The maximum atomic E-state index is 14.6. The molecule has 0 bridgehead atoms. The van der Waals surface area contributed by atoms with Crippen LogP contribution >= 0.6 is 0 Å². The van der Waals surface area contributed by atoms with E-state index in [2.05, 4.69) is 14.7 Å². The number of halogens is 7. The Labute approximate surface area is 180 Å². The number of nitrogens with two attached hydrogens (primary N) is 1. The number of nitrogens with one attached hydrogen (secondary N) is 1. The molecule has 2 atom stereocenters.